The zero-order chi connectivity index (χ0) is 19.3. The fraction of sp³-hybridized carbons (Fsp3) is 0.222. The van der Waals surface area contributed by atoms with Crippen molar-refractivity contribution in [3.05, 3.63) is 71.0 Å². The molecule has 0 heterocycles. The first-order valence-electron chi connectivity index (χ1n) is 7.51. The Hall–Kier alpha value is -2.90. The minimum absolute atomic E-state index is 0.0309. The van der Waals surface area contributed by atoms with E-state index in [1.54, 1.807) is 6.07 Å². The smallest absolute Gasteiger partial charge is 0.416 e. The molecule has 26 heavy (non-hydrogen) atoms. The Labute approximate surface area is 146 Å². The molecule has 1 amide bonds. The number of hydrogen-bond donors (Lipinski definition) is 1. The Morgan fingerprint density at radius 1 is 1.12 bits per heavy atom. The molecular formula is C18H15F4NO3. The van der Waals surface area contributed by atoms with Crippen LogP contribution >= 0.6 is 0 Å². The zero-order valence-corrected chi connectivity index (χ0v) is 13.6. The summed E-state index contributed by atoms with van der Waals surface area (Å²) in [5.41, 5.74) is -0.488. The number of methoxy groups -OCH3 is 1. The van der Waals surface area contributed by atoms with Crippen molar-refractivity contribution in [2.75, 3.05) is 7.11 Å². The fourth-order valence-electron chi connectivity index (χ4n) is 2.29. The average Bonchev–Trinajstić information content (AvgIpc) is 2.59. The summed E-state index contributed by atoms with van der Waals surface area (Å²) < 4.78 is 55.6. The Bertz CT molecular complexity index is 788. The van der Waals surface area contributed by atoms with Crippen LogP contribution in [0.4, 0.5) is 17.6 Å². The number of esters is 1. The SMILES string of the molecule is COC(=O)[C@H](Cc1cccc(F)c1)NC(=O)c1ccc(C(F)(F)F)cc1. The van der Waals surface area contributed by atoms with E-state index < -0.39 is 35.5 Å². The summed E-state index contributed by atoms with van der Waals surface area (Å²) in [5.74, 6) is -2.00. The lowest BCUT2D eigenvalue weighted by Gasteiger charge is -2.17. The number of ether oxygens (including phenoxy) is 1. The van der Waals surface area contributed by atoms with Gasteiger partial charge in [-0.2, -0.15) is 13.2 Å². The minimum Gasteiger partial charge on any atom is -0.467 e. The number of halogens is 4. The summed E-state index contributed by atoms with van der Waals surface area (Å²) in [6, 6.07) is 7.92. The Balaban J connectivity index is 2.14. The molecule has 0 aliphatic carbocycles. The van der Waals surface area contributed by atoms with Gasteiger partial charge in [0.15, 0.2) is 0 Å². The standard InChI is InChI=1S/C18H15F4NO3/c1-26-17(25)15(10-11-3-2-4-14(19)9-11)23-16(24)12-5-7-13(8-6-12)18(20,21)22/h2-9,15H,10H2,1H3,(H,23,24)/t15-/m0/s1. The second-order valence-corrected chi connectivity index (χ2v) is 5.46. The van der Waals surface area contributed by atoms with Gasteiger partial charge in [0.1, 0.15) is 11.9 Å². The van der Waals surface area contributed by atoms with Crippen LogP contribution in [0.3, 0.4) is 0 Å². The van der Waals surface area contributed by atoms with Gasteiger partial charge in [0.2, 0.25) is 0 Å². The molecule has 0 bridgehead atoms. The highest BCUT2D eigenvalue weighted by atomic mass is 19.4. The van der Waals surface area contributed by atoms with Crippen molar-refractivity contribution < 1.29 is 31.9 Å². The minimum atomic E-state index is -4.51. The van der Waals surface area contributed by atoms with Crippen LogP contribution in [-0.4, -0.2) is 25.0 Å². The van der Waals surface area contributed by atoms with Gasteiger partial charge in [-0.1, -0.05) is 12.1 Å². The first-order chi connectivity index (χ1) is 12.2. The maximum atomic E-state index is 13.3. The second-order valence-electron chi connectivity index (χ2n) is 5.46. The highest BCUT2D eigenvalue weighted by Crippen LogP contribution is 2.29. The number of benzene rings is 2. The summed E-state index contributed by atoms with van der Waals surface area (Å²) in [5, 5.41) is 2.39. The van der Waals surface area contributed by atoms with Gasteiger partial charge >= 0.3 is 12.1 Å². The van der Waals surface area contributed by atoms with Crippen molar-refractivity contribution >= 4 is 11.9 Å². The van der Waals surface area contributed by atoms with Gasteiger partial charge in [0.25, 0.3) is 5.91 Å². The number of carbonyl (C=O) groups is 2. The van der Waals surface area contributed by atoms with Gasteiger partial charge in [-0.15, -0.1) is 0 Å². The third-order valence-electron chi connectivity index (χ3n) is 3.59. The van der Waals surface area contributed by atoms with Crippen molar-refractivity contribution in [3.8, 4) is 0 Å². The van der Waals surface area contributed by atoms with Crippen LogP contribution in [0.5, 0.6) is 0 Å². The molecule has 8 heteroatoms. The molecule has 0 saturated heterocycles. The third kappa shape index (κ3) is 5.05. The molecule has 1 atom stereocenters. The average molecular weight is 369 g/mol. The maximum absolute atomic E-state index is 13.3. The topological polar surface area (TPSA) is 55.4 Å². The highest BCUT2D eigenvalue weighted by molar-refractivity contribution is 5.96. The Kier molecular flexibility index (Phi) is 5.97. The first-order valence-corrected chi connectivity index (χ1v) is 7.51. The highest BCUT2D eigenvalue weighted by Gasteiger charge is 2.30. The summed E-state index contributed by atoms with van der Waals surface area (Å²) in [6.07, 6.45) is -4.54. The zero-order valence-electron chi connectivity index (χ0n) is 13.6. The number of alkyl halides is 3. The molecule has 0 aromatic heterocycles. The van der Waals surface area contributed by atoms with Crippen molar-refractivity contribution in [1.29, 1.82) is 0 Å². The Morgan fingerprint density at radius 3 is 2.31 bits per heavy atom. The van der Waals surface area contributed by atoms with Crippen molar-refractivity contribution in [2.24, 2.45) is 0 Å². The second kappa shape index (κ2) is 7.99. The van der Waals surface area contributed by atoms with Gasteiger partial charge in [-0.25, -0.2) is 9.18 Å². The van der Waals surface area contributed by atoms with E-state index in [0.717, 1.165) is 31.4 Å². The van der Waals surface area contributed by atoms with Crippen LogP contribution in [0.15, 0.2) is 48.5 Å². The van der Waals surface area contributed by atoms with E-state index in [1.165, 1.54) is 18.2 Å². The fourth-order valence-corrected chi connectivity index (χ4v) is 2.29. The van der Waals surface area contributed by atoms with E-state index >= 15 is 0 Å². The van der Waals surface area contributed by atoms with Gasteiger partial charge in [0.05, 0.1) is 12.7 Å². The van der Waals surface area contributed by atoms with E-state index in [1.807, 2.05) is 0 Å². The van der Waals surface area contributed by atoms with Crippen LogP contribution in [0, 0.1) is 5.82 Å². The summed E-state index contributed by atoms with van der Waals surface area (Å²) >= 11 is 0. The molecule has 1 N–H and O–H groups in total. The molecule has 2 aromatic rings. The number of nitrogens with one attached hydrogen (secondary N) is 1. The summed E-state index contributed by atoms with van der Waals surface area (Å²) in [6.45, 7) is 0. The van der Waals surface area contributed by atoms with Gasteiger partial charge in [-0.05, 0) is 42.0 Å². The molecule has 2 rings (SSSR count). The van der Waals surface area contributed by atoms with Crippen LogP contribution in [0.1, 0.15) is 21.5 Å². The summed E-state index contributed by atoms with van der Waals surface area (Å²) in [7, 11) is 1.13. The normalized spacial score (nSPS) is 12.3. The predicted octanol–water partition coefficient (Wildman–Crippen LogP) is 3.36. The van der Waals surface area contributed by atoms with Crippen molar-refractivity contribution in [3.63, 3.8) is 0 Å². The third-order valence-corrected chi connectivity index (χ3v) is 3.59. The number of hydrogen-bond acceptors (Lipinski definition) is 3. The summed E-state index contributed by atoms with van der Waals surface area (Å²) in [4.78, 5) is 24.1. The molecule has 0 spiro atoms. The van der Waals surface area contributed by atoms with Crippen LogP contribution in [-0.2, 0) is 22.1 Å². The lowest BCUT2D eigenvalue weighted by Crippen LogP contribution is -2.43. The lowest BCUT2D eigenvalue weighted by atomic mass is 10.0. The molecule has 0 aliphatic heterocycles. The van der Waals surface area contributed by atoms with E-state index in [2.05, 4.69) is 10.1 Å². The van der Waals surface area contributed by atoms with Crippen LogP contribution in [0.25, 0.3) is 0 Å². The van der Waals surface area contributed by atoms with E-state index in [0.29, 0.717) is 5.56 Å². The quantitative estimate of drug-likeness (QED) is 0.650. The predicted molar refractivity (Wildman–Crippen MR) is 84.8 cm³/mol. The monoisotopic (exact) mass is 369 g/mol. The van der Waals surface area contributed by atoms with Gasteiger partial charge in [0, 0.05) is 12.0 Å². The molecule has 0 radical (unpaired) electrons. The van der Waals surface area contributed by atoms with Crippen LogP contribution < -0.4 is 5.32 Å². The first kappa shape index (κ1) is 19.4. The molecule has 0 fully saturated rings. The molecule has 2 aromatic carbocycles. The van der Waals surface area contributed by atoms with E-state index in [9.17, 15) is 27.2 Å². The van der Waals surface area contributed by atoms with Crippen molar-refractivity contribution in [2.45, 2.75) is 18.6 Å². The number of carbonyl (C=O) groups excluding carboxylic acids is 2. The van der Waals surface area contributed by atoms with Crippen molar-refractivity contribution in [1.82, 2.24) is 5.32 Å². The molecule has 4 nitrogen and oxygen atoms in total. The van der Waals surface area contributed by atoms with Gasteiger partial charge < -0.3 is 10.1 Å². The maximum Gasteiger partial charge on any atom is 0.416 e. The molecule has 0 saturated carbocycles. The lowest BCUT2D eigenvalue weighted by molar-refractivity contribution is -0.142. The van der Waals surface area contributed by atoms with E-state index in [-0.39, 0.29) is 12.0 Å². The largest absolute Gasteiger partial charge is 0.467 e. The molecule has 138 valence electrons. The Morgan fingerprint density at radius 2 is 1.77 bits per heavy atom. The molecule has 0 aliphatic rings. The van der Waals surface area contributed by atoms with Gasteiger partial charge in [-0.3, -0.25) is 4.79 Å². The van der Waals surface area contributed by atoms with E-state index in [4.69, 9.17) is 0 Å². The molecular weight excluding hydrogens is 354 g/mol. The van der Waals surface area contributed by atoms with Crippen LogP contribution in [0.2, 0.25) is 0 Å². The number of amides is 1. The molecule has 0 unspecified atom stereocenters. The number of rotatable bonds is 5.